The molecule has 0 heterocycles. The SMILES string of the molecule is COc1ccc(OC)c(CNS(=O)(=O)c2cc(F)ccc2OC)c1. The van der Waals surface area contributed by atoms with Crippen LogP contribution in [0.25, 0.3) is 0 Å². The molecule has 0 bridgehead atoms. The Kier molecular flexibility index (Phi) is 5.63. The summed E-state index contributed by atoms with van der Waals surface area (Å²) in [5.74, 6) is 0.453. The third-order valence-corrected chi connectivity index (χ3v) is 4.78. The van der Waals surface area contributed by atoms with E-state index in [2.05, 4.69) is 4.72 Å². The molecule has 2 rings (SSSR count). The molecule has 0 spiro atoms. The molecule has 130 valence electrons. The Morgan fingerprint density at radius 2 is 1.62 bits per heavy atom. The van der Waals surface area contributed by atoms with E-state index in [0.717, 1.165) is 12.1 Å². The summed E-state index contributed by atoms with van der Waals surface area (Å²) >= 11 is 0. The second-order valence-electron chi connectivity index (χ2n) is 4.80. The molecule has 0 aromatic heterocycles. The predicted octanol–water partition coefficient (Wildman–Crippen LogP) is 2.33. The van der Waals surface area contributed by atoms with Gasteiger partial charge in [-0.25, -0.2) is 17.5 Å². The Bertz CT molecular complexity index is 823. The van der Waals surface area contributed by atoms with Crippen molar-refractivity contribution in [3.63, 3.8) is 0 Å². The Labute approximate surface area is 140 Å². The second kappa shape index (κ2) is 7.50. The lowest BCUT2D eigenvalue weighted by atomic mass is 10.2. The number of benzene rings is 2. The lowest BCUT2D eigenvalue weighted by molar-refractivity contribution is 0.397. The first-order valence-corrected chi connectivity index (χ1v) is 8.43. The first-order valence-electron chi connectivity index (χ1n) is 6.95. The number of nitrogens with one attached hydrogen (secondary N) is 1. The van der Waals surface area contributed by atoms with E-state index in [4.69, 9.17) is 14.2 Å². The molecule has 0 fully saturated rings. The predicted molar refractivity (Wildman–Crippen MR) is 86.5 cm³/mol. The molecule has 0 radical (unpaired) electrons. The zero-order chi connectivity index (χ0) is 17.7. The maximum absolute atomic E-state index is 13.4. The molecular formula is C16H18FNO5S. The van der Waals surface area contributed by atoms with Gasteiger partial charge in [-0.2, -0.15) is 0 Å². The minimum Gasteiger partial charge on any atom is -0.497 e. The normalized spacial score (nSPS) is 11.2. The minimum atomic E-state index is -3.98. The number of rotatable bonds is 7. The average Bonchev–Trinajstić information content (AvgIpc) is 2.59. The molecule has 0 unspecified atom stereocenters. The molecule has 8 heteroatoms. The molecule has 0 saturated heterocycles. The summed E-state index contributed by atoms with van der Waals surface area (Å²) in [5, 5.41) is 0. The number of ether oxygens (including phenoxy) is 3. The van der Waals surface area contributed by atoms with E-state index < -0.39 is 15.8 Å². The molecule has 0 aliphatic carbocycles. The van der Waals surface area contributed by atoms with Gasteiger partial charge >= 0.3 is 0 Å². The smallest absolute Gasteiger partial charge is 0.244 e. The van der Waals surface area contributed by atoms with Gasteiger partial charge in [-0.1, -0.05) is 0 Å². The molecule has 2 aromatic rings. The van der Waals surface area contributed by atoms with Crippen LogP contribution in [0.15, 0.2) is 41.3 Å². The van der Waals surface area contributed by atoms with Crippen LogP contribution in [0.5, 0.6) is 17.2 Å². The highest BCUT2D eigenvalue weighted by Crippen LogP contribution is 2.27. The van der Waals surface area contributed by atoms with Crippen LogP contribution in [0.1, 0.15) is 5.56 Å². The van der Waals surface area contributed by atoms with Crippen molar-refractivity contribution < 1.29 is 27.0 Å². The van der Waals surface area contributed by atoms with E-state index in [0.29, 0.717) is 17.1 Å². The molecule has 1 N–H and O–H groups in total. The Hall–Kier alpha value is -2.32. The van der Waals surface area contributed by atoms with E-state index in [1.807, 2.05) is 0 Å². The van der Waals surface area contributed by atoms with Crippen molar-refractivity contribution in [1.82, 2.24) is 4.72 Å². The van der Waals surface area contributed by atoms with Crippen molar-refractivity contribution in [3.8, 4) is 17.2 Å². The lowest BCUT2D eigenvalue weighted by Crippen LogP contribution is -2.24. The maximum Gasteiger partial charge on any atom is 0.244 e. The van der Waals surface area contributed by atoms with Crippen LogP contribution in [0.3, 0.4) is 0 Å². The highest BCUT2D eigenvalue weighted by atomic mass is 32.2. The molecular weight excluding hydrogens is 337 g/mol. The van der Waals surface area contributed by atoms with Gasteiger partial charge in [-0.15, -0.1) is 0 Å². The van der Waals surface area contributed by atoms with Crippen molar-refractivity contribution in [1.29, 1.82) is 0 Å². The van der Waals surface area contributed by atoms with Crippen LogP contribution < -0.4 is 18.9 Å². The van der Waals surface area contributed by atoms with Crippen LogP contribution in [-0.2, 0) is 16.6 Å². The lowest BCUT2D eigenvalue weighted by Gasteiger charge is -2.13. The van der Waals surface area contributed by atoms with E-state index in [-0.39, 0.29) is 17.2 Å². The summed E-state index contributed by atoms with van der Waals surface area (Å²) in [5.41, 5.74) is 0.579. The molecule has 0 amide bonds. The second-order valence-corrected chi connectivity index (χ2v) is 6.53. The Morgan fingerprint density at radius 1 is 0.958 bits per heavy atom. The van der Waals surface area contributed by atoms with Gasteiger partial charge in [0.1, 0.15) is 28.0 Å². The molecule has 0 aliphatic rings. The van der Waals surface area contributed by atoms with Gasteiger partial charge in [-0.3, -0.25) is 0 Å². The molecule has 24 heavy (non-hydrogen) atoms. The summed E-state index contributed by atoms with van der Waals surface area (Å²) in [6, 6.07) is 8.32. The first-order chi connectivity index (χ1) is 11.4. The highest BCUT2D eigenvalue weighted by Gasteiger charge is 2.21. The highest BCUT2D eigenvalue weighted by molar-refractivity contribution is 7.89. The van der Waals surface area contributed by atoms with Crippen molar-refractivity contribution in [2.75, 3.05) is 21.3 Å². The summed E-state index contributed by atoms with van der Waals surface area (Å²) in [4.78, 5) is -0.271. The first kappa shape index (κ1) is 18.0. The van der Waals surface area contributed by atoms with Crippen LogP contribution in [0.4, 0.5) is 4.39 Å². The topological polar surface area (TPSA) is 73.9 Å². The van der Waals surface area contributed by atoms with Crippen LogP contribution in [0.2, 0.25) is 0 Å². The van der Waals surface area contributed by atoms with Crippen LogP contribution >= 0.6 is 0 Å². The fourth-order valence-electron chi connectivity index (χ4n) is 2.13. The van der Waals surface area contributed by atoms with E-state index in [1.54, 1.807) is 18.2 Å². The van der Waals surface area contributed by atoms with E-state index in [9.17, 15) is 12.8 Å². The Morgan fingerprint density at radius 3 is 2.25 bits per heavy atom. The third-order valence-electron chi connectivity index (χ3n) is 3.36. The van der Waals surface area contributed by atoms with Gasteiger partial charge < -0.3 is 14.2 Å². The van der Waals surface area contributed by atoms with Crippen LogP contribution in [-0.4, -0.2) is 29.7 Å². The molecule has 6 nitrogen and oxygen atoms in total. The number of halogens is 1. The summed E-state index contributed by atoms with van der Waals surface area (Å²) in [6.45, 7) is -0.0532. The molecule has 0 saturated carbocycles. The quantitative estimate of drug-likeness (QED) is 0.825. The van der Waals surface area contributed by atoms with Crippen molar-refractivity contribution in [2.45, 2.75) is 11.4 Å². The third kappa shape index (κ3) is 3.95. The Balaban J connectivity index is 2.30. The number of methoxy groups -OCH3 is 3. The number of sulfonamides is 1. The van der Waals surface area contributed by atoms with Gasteiger partial charge in [0, 0.05) is 12.1 Å². The number of hydrogen-bond acceptors (Lipinski definition) is 5. The van der Waals surface area contributed by atoms with Crippen LogP contribution in [0, 0.1) is 5.82 Å². The minimum absolute atomic E-state index is 0.0532. The summed E-state index contributed by atoms with van der Waals surface area (Å²) in [7, 11) is 0.326. The van der Waals surface area contributed by atoms with Crippen molar-refractivity contribution in [3.05, 3.63) is 47.8 Å². The summed E-state index contributed by atoms with van der Waals surface area (Å²) in [6.07, 6.45) is 0. The standard InChI is InChI=1S/C16H18FNO5S/c1-21-13-5-7-14(22-2)11(8-13)10-18-24(19,20)16-9-12(17)4-6-15(16)23-3/h4-9,18H,10H2,1-3H3. The molecule has 0 aliphatic heterocycles. The van der Waals surface area contributed by atoms with Gasteiger partial charge in [0.05, 0.1) is 21.3 Å². The monoisotopic (exact) mass is 355 g/mol. The fourth-order valence-corrected chi connectivity index (χ4v) is 3.32. The zero-order valence-corrected chi connectivity index (χ0v) is 14.3. The number of hydrogen-bond donors (Lipinski definition) is 1. The van der Waals surface area contributed by atoms with Crippen molar-refractivity contribution >= 4 is 10.0 Å². The van der Waals surface area contributed by atoms with Gasteiger partial charge in [0.25, 0.3) is 0 Å². The van der Waals surface area contributed by atoms with Gasteiger partial charge in [0.15, 0.2) is 0 Å². The molecule has 2 aromatic carbocycles. The maximum atomic E-state index is 13.4. The fraction of sp³-hybridized carbons (Fsp3) is 0.250. The summed E-state index contributed by atoms with van der Waals surface area (Å²) < 4.78 is 56.1. The largest absolute Gasteiger partial charge is 0.497 e. The van der Waals surface area contributed by atoms with E-state index in [1.165, 1.54) is 27.4 Å². The van der Waals surface area contributed by atoms with E-state index >= 15 is 0 Å². The average molecular weight is 355 g/mol. The zero-order valence-electron chi connectivity index (χ0n) is 13.5. The molecule has 0 atom stereocenters. The van der Waals surface area contributed by atoms with Gasteiger partial charge in [-0.05, 0) is 36.4 Å². The van der Waals surface area contributed by atoms with Crippen molar-refractivity contribution in [2.24, 2.45) is 0 Å². The van der Waals surface area contributed by atoms with Gasteiger partial charge in [0.2, 0.25) is 10.0 Å².